The molecule has 0 saturated carbocycles. The molecule has 0 bridgehead atoms. The lowest BCUT2D eigenvalue weighted by Crippen LogP contribution is -2.40. The molecule has 276 valence electrons. The highest BCUT2D eigenvalue weighted by atomic mass is 16.5. The smallest absolute Gasteiger partial charge is 0.326 e. The van der Waals surface area contributed by atoms with E-state index in [2.05, 4.69) is 98.2 Å². The maximum Gasteiger partial charge on any atom is 0.326 e. The molecule has 0 rings (SSSR count). The highest BCUT2D eigenvalue weighted by Gasteiger charge is 2.18. The summed E-state index contributed by atoms with van der Waals surface area (Å²) >= 11 is 0. The van der Waals surface area contributed by atoms with Gasteiger partial charge in [-0.2, -0.15) is 0 Å². The Kier molecular flexibility index (Phi) is 33.3. The van der Waals surface area contributed by atoms with E-state index in [1.807, 2.05) is 6.08 Å². The van der Waals surface area contributed by atoms with Crippen molar-refractivity contribution >= 4 is 17.8 Å². The summed E-state index contributed by atoms with van der Waals surface area (Å²) in [6.45, 7) is 4.67. The molecule has 2 atom stereocenters. The Bertz CT molecular complexity index is 1040. The highest BCUT2D eigenvalue weighted by molar-refractivity contribution is 5.83. The molecule has 7 heteroatoms. The number of esters is 1. The average Bonchev–Trinajstić information content (AvgIpc) is 3.08. The number of rotatable bonds is 32. The predicted molar refractivity (Wildman–Crippen MR) is 206 cm³/mol. The summed E-state index contributed by atoms with van der Waals surface area (Å²) in [6.07, 6.45) is 46.8. The molecule has 0 spiro atoms. The number of hydrogen-bond donors (Lipinski definition) is 3. The van der Waals surface area contributed by atoms with Crippen molar-refractivity contribution in [2.24, 2.45) is 5.73 Å². The number of amides is 1. The van der Waals surface area contributed by atoms with Crippen molar-refractivity contribution in [2.75, 3.05) is 6.54 Å². The standard InChI is InChI=1S/C42H68N2O5/c1-3-5-7-8-9-10-11-12-13-14-15-16-17-18-19-20-21-22-23-24-30-36-41(46)49-38(32-27-6-4-2)33-28-25-26-29-35-40(45)44-39(42(47)48)34-31-37-43/h5,7,9-10,12-13,15-16,18-19,21-22,27,32,38-39H,3-4,6,8,11,14,17,20,23-26,28-31,33-37,43H2,1-2H3,(H,44,45)(H,47,48)/b7-5-,10-9-,13-12-,16-15-,19-18-,22-21-,32-27-. The molecule has 0 heterocycles. The number of carbonyl (C=O) groups is 3. The third kappa shape index (κ3) is 32.9. The third-order valence-electron chi connectivity index (χ3n) is 7.66. The van der Waals surface area contributed by atoms with Crippen LogP contribution in [-0.2, 0) is 19.1 Å². The molecule has 1 amide bonds. The van der Waals surface area contributed by atoms with Crippen LogP contribution in [-0.4, -0.2) is 41.6 Å². The van der Waals surface area contributed by atoms with E-state index >= 15 is 0 Å². The van der Waals surface area contributed by atoms with Crippen molar-refractivity contribution in [1.82, 2.24) is 5.32 Å². The van der Waals surface area contributed by atoms with Crippen LogP contribution in [0.2, 0.25) is 0 Å². The maximum absolute atomic E-state index is 12.5. The summed E-state index contributed by atoms with van der Waals surface area (Å²) in [5, 5.41) is 11.8. The first-order valence-corrected chi connectivity index (χ1v) is 18.9. The van der Waals surface area contributed by atoms with Crippen LogP contribution in [0.4, 0.5) is 0 Å². The van der Waals surface area contributed by atoms with E-state index in [-0.39, 0.29) is 18.0 Å². The van der Waals surface area contributed by atoms with Crippen molar-refractivity contribution < 1.29 is 24.2 Å². The highest BCUT2D eigenvalue weighted by Crippen LogP contribution is 2.14. The van der Waals surface area contributed by atoms with Gasteiger partial charge < -0.3 is 20.9 Å². The minimum atomic E-state index is -1.02. The van der Waals surface area contributed by atoms with Gasteiger partial charge in [-0.3, -0.25) is 9.59 Å². The molecular weight excluding hydrogens is 612 g/mol. The van der Waals surface area contributed by atoms with Crippen LogP contribution in [0.1, 0.15) is 142 Å². The summed E-state index contributed by atoms with van der Waals surface area (Å²) in [6, 6.07) is -0.877. The van der Waals surface area contributed by atoms with Crippen LogP contribution >= 0.6 is 0 Å². The molecule has 2 unspecified atom stereocenters. The van der Waals surface area contributed by atoms with Crippen molar-refractivity contribution in [3.05, 3.63) is 85.1 Å². The zero-order valence-corrected chi connectivity index (χ0v) is 30.7. The van der Waals surface area contributed by atoms with Gasteiger partial charge in [0.05, 0.1) is 0 Å². The molecule has 0 aliphatic heterocycles. The minimum absolute atomic E-state index is 0.145. The summed E-state index contributed by atoms with van der Waals surface area (Å²) in [7, 11) is 0. The first-order valence-electron chi connectivity index (χ1n) is 18.9. The summed E-state index contributed by atoms with van der Waals surface area (Å²) < 4.78 is 5.79. The van der Waals surface area contributed by atoms with E-state index < -0.39 is 12.0 Å². The fraction of sp³-hybridized carbons (Fsp3) is 0.595. The van der Waals surface area contributed by atoms with E-state index in [0.717, 1.165) is 96.3 Å². The molecule has 4 N–H and O–H groups in total. The lowest BCUT2D eigenvalue weighted by atomic mass is 10.1. The zero-order chi connectivity index (χ0) is 36.0. The molecule has 0 aliphatic rings. The minimum Gasteiger partial charge on any atom is -0.480 e. The van der Waals surface area contributed by atoms with Crippen LogP contribution in [0.15, 0.2) is 85.1 Å². The Morgan fingerprint density at radius 1 is 0.633 bits per heavy atom. The number of hydrogen-bond acceptors (Lipinski definition) is 5. The lowest BCUT2D eigenvalue weighted by molar-refractivity contribution is -0.147. The number of aliphatic carboxylic acids is 1. The van der Waals surface area contributed by atoms with Crippen LogP contribution in [0.5, 0.6) is 0 Å². The number of carboxylic acids is 1. The summed E-state index contributed by atoms with van der Waals surface area (Å²) in [4.78, 5) is 35.9. The van der Waals surface area contributed by atoms with Crippen molar-refractivity contribution in [3.8, 4) is 0 Å². The number of nitrogens with two attached hydrogens (primary N) is 1. The van der Waals surface area contributed by atoms with Gasteiger partial charge in [-0.05, 0) is 109 Å². The van der Waals surface area contributed by atoms with Gasteiger partial charge in [0.15, 0.2) is 0 Å². The molecule has 7 nitrogen and oxygen atoms in total. The van der Waals surface area contributed by atoms with Gasteiger partial charge in [0.25, 0.3) is 0 Å². The fourth-order valence-corrected chi connectivity index (χ4v) is 4.84. The topological polar surface area (TPSA) is 119 Å². The first-order chi connectivity index (χ1) is 23.9. The second-order valence-corrected chi connectivity index (χ2v) is 12.2. The Hall–Kier alpha value is -3.45. The Morgan fingerprint density at radius 2 is 1.18 bits per heavy atom. The van der Waals surface area contributed by atoms with Gasteiger partial charge in [-0.15, -0.1) is 0 Å². The monoisotopic (exact) mass is 681 g/mol. The van der Waals surface area contributed by atoms with Gasteiger partial charge in [0.2, 0.25) is 5.91 Å². The van der Waals surface area contributed by atoms with Crippen LogP contribution in [0, 0.1) is 0 Å². The van der Waals surface area contributed by atoms with Crippen LogP contribution in [0.3, 0.4) is 0 Å². The molecular formula is C42H68N2O5. The predicted octanol–water partition coefficient (Wildman–Crippen LogP) is 10.2. The number of ether oxygens (including phenoxy) is 1. The normalized spacial score (nSPS) is 13.7. The van der Waals surface area contributed by atoms with Gasteiger partial charge in [0.1, 0.15) is 12.1 Å². The Labute approximate surface area is 298 Å². The number of carboxylic acid groups (broad SMARTS) is 1. The fourth-order valence-electron chi connectivity index (χ4n) is 4.84. The average molecular weight is 681 g/mol. The molecule has 0 aromatic carbocycles. The second kappa shape index (κ2) is 35.8. The van der Waals surface area contributed by atoms with Crippen LogP contribution in [0.25, 0.3) is 0 Å². The van der Waals surface area contributed by atoms with Crippen LogP contribution < -0.4 is 11.1 Å². The van der Waals surface area contributed by atoms with Gasteiger partial charge in [-0.1, -0.05) is 112 Å². The SMILES string of the molecule is CC/C=C\C/C=C\C/C=C\C/C=C\C/C=C\C/C=C\CCCCC(=O)OC(/C=C\CCC)CCCCCCC(=O)NC(CCCN)C(=O)O. The van der Waals surface area contributed by atoms with E-state index in [1.165, 1.54) is 0 Å². The van der Waals surface area contributed by atoms with Crippen molar-refractivity contribution in [3.63, 3.8) is 0 Å². The molecule has 0 fully saturated rings. The molecule has 0 aromatic rings. The Balaban J connectivity index is 4.09. The summed E-state index contributed by atoms with van der Waals surface area (Å²) in [5.74, 6) is -1.41. The number of carbonyl (C=O) groups excluding carboxylic acids is 2. The van der Waals surface area contributed by atoms with E-state index in [9.17, 15) is 19.5 Å². The van der Waals surface area contributed by atoms with Gasteiger partial charge >= 0.3 is 11.9 Å². The summed E-state index contributed by atoms with van der Waals surface area (Å²) in [5.41, 5.74) is 5.45. The number of unbranched alkanes of at least 4 members (excludes halogenated alkanes) is 6. The maximum atomic E-state index is 12.5. The molecule has 0 aromatic heterocycles. The molecule has 49 heavy (non-hydrogen) atoms. The van der Waals surface area contributed by atoms with Crippen molar-refractivity contribution in [1.29, 1.82) is 0 Å². The van der Waals surface area contributed by atoms with Gasteiger partial charge in [-0.25, -0.2) is 4.79 Å². The molecule has 0 aliphatic carbocycles. The van der Waals surface area contributed by atoms with E-state index in [4.69, 9.17) is 10.5 Å². The molecule has 0 saturated heterocycles. The Morgan fingerprint density at radius 3 is 1.73 bits per heavy atom. The van der Waals surface area contributed by atoms with Crippen molar-refractivity contribution in [2.45, 2.75) is 154 Å². The second-order valence-electron chi connectivity index (χ2n) is 12.2. The molecule has 0 radical (unpaired) electrons. The lowest BCUT2D eigenvalue weighted by Gasteiger charge is -2.15. The zero-order valence-electron chi connectivity index (χ0n) is 30.7. The van der Waals surface area contributed by atoms with E-state index in [0.29, 0.717) is 38.6 Å². The number of allylic oxidation sites excluding steroid dienone is 13. The largest absolute Gasteiger partial charge is 0.480 e. The van der Waals surface area contributed by atoms with E-state index in [1.54, 1.807) is 0 Å². The van der Waals surface area contributed by atoms with Gasteiger partial charge in [0, 0.05) is 12.8 Å². The first kappa shape index (κ1) is 45.6. The number of nitrogens with one attached hydrogen (secondary N) is 1. The third-order valence-corrected chi connectivity index (χ3v) is 7.66. The quantitative estimate of drug-likeness (QED) is 0.0370.